The Morgan fingerprint density at radius 3 is 2.92 bits per heavy atom. The van der Waals surface area contributed by atoms with Crippen molar-refractivity contribution in [3.05, 3.63) is 0 Å². The molecule has 1 aliphatic carbocycles. The summed E-state index contributed by atoms with van der Waals surface area (Å²) in [6.45, 7) is 2.18. The summed E-state index contributed by atoms with van der Waals surface area (Å²) in [7, 11) is -0.549. The van der Waals surface area contributed by atoms with E-state index in [1.807, 2.05) is 0 Å². The van der Waals surface area contributed by atoms with Gasteiger partial charge in [-0.25, -0.2) is 0 Å². The minimum absolute atomic E-state index is 0.469. The molecule has 1 N–H and O–H groups in total. The lowest BCUT2D eigenvalue weighted by molar-refractivity contribution is 0.331. The van der Waals surface area contributed by atoms with Crippen molar-refractivity contribution in [2.24, 2.45) is 0 Å². The molecule has 0 aromatic carbocycles. The molecule has 2 nitrogen and oxygen atoms in total. The van der Waals surface area contributed by atoms with Gasteiger partial charge in [-0.1, -0.05) is 19.8 Å². The second-order valence-corrected chi connectivity index (χ2v) is 5.95. The van der Waals surface area contributed by atoms with Crippen LogP contribution in [0.15, 0.2) is 0 Å². The van der Waals surface area contributed by atoms with E-state index in [1.54, 1.807) is 0 Å². The zero-order valence-electron chi connectivity index (χ0n) is 8.29. The van der Waals surface area contributed by atoms with Crippen LogP contribution in [0.25, 0.3) is 0 Å². The predicted octanol–water partition coefficient (Wildman–Crippen LogP) is 1.43. The van der Waals surface area contributed by atoms with E-state index in [-0.39, 0.29) is 0 Å². The summed E-state index contributed by atoms with van der Waals surface area (Å²) in [5, 5.41) is 4.11. The fourth-order valence-electron chi connectivity index (χ4n) is 2.51. The van der Waals surface area contributed by atoms with Crippen LogP contribution in [0.1, 0.15) is 39.0 Å². The Morgan fingerprint density at radius 2 is 2.15 bits per heavy atom. The van der Waals surface area contributed by atoms with Crippen LogP contribution in [0.3, 0.4) is 0 Å². The maximum absolute atomic E-state index is 11.9. The molecule has 0 spiro atoms. The summed E-state index contributed by atoms with van der Waals surface area (Å²) in [6.07, 6.45) is 6.15. The average molecular weight is 201 g/mol. The molecule has 2 fully saturated rings. The van der Waals surface area contributed by atoms with E-state index in [0.29, 0.717) is 17.3 Å². The van der Waals surface area contributed by atoms with Gasteiger partial charge in [0.2, 0.25) is 0 Å². The smallest absolute Gasteiger partial charge is 0.0501 e. The van der Waals surface area contributed by atoms with Crippen molar-refractivity contribution < 1.29 is 4.21 Å². The van der Waals surface area contributed by atoms with Crippen molar-refractivity contribution >= 4 is 10.8 Å². The molecule has 1 saturated carbocycles. The van der Waals surface area contributed by atoms with Gasteiger partial charge in [0.05, 0.1) is 5.25 Å². The fourth-order valence-corrected chi connectivity index (χ4v) is 4.50. The Balaban J connectivity index is 2.03. The summed E-state index contributed by atoms with van der Waals surface area (Å²) in [5.41, 5.74) is 0. The SMILES string of the molecule is CCC1CS(=O)C2CCCCC2N1. The van der Waals surface area contributed by atoms with E-state index < -0.39 is 10.8 Å². The maximum Gasteiger partial charge on any atom is 0.0501 e. The molecule has 76 valence electrons. The van der Waals surface area contributed by atoms with Crippen LogP contribution in [-0.2, 0) is 10.8 Å². The van der Waals surface area contributed by atoms with Crippen molar-refractivity contribution in [2.45, 2.75) is 56.4 Å². The van der Waals surface area contributed by atoms with E-state index in [2.05, 4.69) is 12.2 Å². The lowest BCUT2D eigenvalue weighted by Gasteiger charge is -2.39. The first-order valence-electron chi connectivity index (χ1n) is 5.44. The van der Waals surface area contributed by atoms with Gasteiger partial charge in [-0.15, -0.1) is 0 Å². The normalized spacial score (nSPS) is 45.6. The van der Waals surface area contributed by atoms with Crippen molar-refractivity contribution in [3.8, 4) is 0 Å². The average Bonchev–Trinajstić information content (AvgIpc) is 2.18. The molecule has 0 bridgehead atoms. The van der Waals surface area contributed by atoms with Crippen molar-refractivity contribution in [2.75, 3.05) is 5.75 Å². The van der Waals surface area contributed by atoms with Crippen molar-refractivity contribution in [3.63, 3.8) is 0 Å². The van der Waals surface area contributed by atoms with Gasteiger partial charge in [0.1, 0.15) is 0 Å². The highest BCUT2D eigenvalue weighted by Gasteiger charge is 2.35. The Labute approximate surface area is 82.9 Å². The predicted molar refractivity (Wildman–Crippen MR) is 56.3 cm³/mol. The van der Waals surface area contributed by atoms with Crippen molar-refractivity contribution in [1.82, 2.24) is 5.32 Å². The van der Waals surface area contributed by atoms with Gasteiger partial charge in [-0.2, -0.15) is 0 Å². The lowest BCUT2D eigenvalue weighted by atomic mass is 9.94. The first-order chi connectivity index (χ1) is 6.31. The third kappa shape index (κ3) is 1.96. The second-order valence-electron chi connectivity index (χ2n) is 4.25. The van der Waals surface area contributed by atoms with Gasteiger partial charge in [-0.05, 0) is 19.3 Å². The van der Waals surface area contributed by atoms with Gasteiger partial charge in [0, 0.05) is 28.6 Å². The first kappa shape index (κ1) is 9.66. The Morgan fingerprint density at radius 1 is 1.38 bits per heavy atom. The van der Waals surface area contributed by atoms with E-state index in [4.69, 9.17) is 0 Å². The molecule has 0 radical (unpaired) electrons. The maximum atomic E-state index is 11.9. The zero-order valence-corrected chi connectivity index (χ0v) is 9.11. The molecule has 1 aliphatic heterocycles. The van der Waals surface area contributed by atoms with E-state index in [0.717, 1.165) is 12.2 Å². The van der Waals surface area contributed by atoms with E-state index >= 15 is 0 Å². The van der Waals surface area contributed by atoms with Gasteiger partial charge < -0.3 is 5.32 Å². The van der Waals surface area contributed by atoms with Crippen LogP contribution >= 0.6 is 0 Å². The second kappa shape index (κ2) is 4.09. The van der Waals surface area contributed by atoms with Gasteiger partial charge in [0.15, 0.2) is 0 Å². The Hall–Kier alpha value is 0.110. The topological polar surface area (TPSA) is 29.1 Å². The van der Waals surface area contributed by atoms with E-state index in [9.17, 15) is 4.21 Å². The summed E-state index contributed by atoms with van der Waals surface area (Å²) in [5.74, 6) is 0.887. The van der Waals surface area contributed by atoms with Crippen LogP contribution in [-0.4, -0.2) is 27.3 Å². The third-order valence-electron chi connectivity index (χ3n) is 3.35. The Bertz CT molecular complexity index is 207. The fraction of sp³-hybridized carbons (Fsp3) is 1.00. The zero-order chi connectivity index (χ0) is 9.26. The lowest BCUT2D eigenvalue weighted by Crippen LogP contribution is -2.56. The highest BCUT2D eigenvalue weighted by Crippen LogP contribution is 2.27. The van der Waals surface area contributed by atoms with Crippen LogP contribution < -0.4 is 5.32 Å². The number of hydrogen-bond donors (Lipinski definition) is 1. The monoisotopic (exact) mass is 201 g/mol. The molecule has 2 rings (SSSR count). The quantitative estimate of drug-likeness (QED) is 0.695. The molecular formula is C10H19NOS. The van der Waals surface area contributed by atoms with Crippen LogP contribution in [0.4, 0.5) is 0 Å². The molecule has 2 aliphatic rings. The molecule has 3 heteroatoms. The first-order valence-corrected chi connectivity index (χ1v) is 6.82. The summed E-state index contributed by atoms with van der Waals surface area (Å²) in [6, 6.07) is 1.08. The highest BCUT2D eigenvalue weighted by molar-refractivity contribution is 7.85. The minimum atomic E-state index is -0.549. The third-order valence-corrected chi connectivity index (χ3v) is 5.32. The molecule has 0 aromatic heterocycles. The van der Waals surface area contributed by atoms with E-state index in [1.165, 1.54) is 25.7 Å². The summed E-state index contributed by atoms with van der Waals surface area (Å²) < 4.78 is 11.9. The standard InChI is InChI=1S/C10H19NOS/c1-2-8-7-13(12)10-6-4-3-5-9(10)11-8/h8-11H,2-7H2,1H3. The summed E-state index contributed by atoms with van der Waals surface area (Å²) in [4.78, 5) is 0. The van der Waals surface area contributed by atoms with Crippen LogP contribution in [0.5, 0.6) is 0 Å². The number of fused-ring (bicyclic) bond motifs is 1. The van der Waals surface area contributed by atoms with Gasteiger partial charge in [0.25, 0.3) is 0 Å². The number of rotatable bonds is 1. The highest BCUT2D eigenvalue weighted by atomic mass is 32.2. The number of hydrogen-bond acceptors (Lipinski definition) is 2. The summed E-state index contributed by atoms with van der Waals surface area (Å²) >= 11 is 0. The molecule has 0 amide bonds. The molecule has 4 atom stereocenters. The van der Waals surface area contributed by atoms with Crippen LogP contribution in [0.2, 0.25) is 0 Å². The molecule has 1 heterocycles. The van der Waals surface area contributed by atoms with Gasteiger partial charge >= 0.3 is 0 Å². The molecular weight excluding hydrogens is 182 g/mol. The molecule has 4 unspecified atom stereocenters. The largest absolute Gasteiger partial charge is 0.309 e. The molecule has 13 heavy (non-hydrogen) atoms. The molecule has 0 aromatic rings. The Kier molecular flexibility index (Phi) is 3.04. The van der Waals surface area contributed by atoms with Gasteiger partial charge in [-0.3, -0.25) is 4.21 Å². The molecule has 1 saturated heterocycles. The van der Waals surface area contributed by atoms with Crippen molar-refractivity contribution in [1.29, 1.82) is 0 Å². The van der Waals surface area contributed by atoms with Crippen LogP contribution in [0, 0.1) is 0 Å². The number of nitrogens with one attached hydrogen (secondary N) is 1. The minimum Gasteiger partial charge on any atom is -0.309 e.